The van der Waals surface area contributed by atoms with Crippen LogP contribution in [0.5, 0.6) is 5.75 Å². The second kappa shape index (κ2) is 8.31. The van der Waals surface area contributed by atoms with Crippen molar-refractivity contribution in [2.75, 3.05) is 18.2 Å². The maximum atomic E-state index is 12.6. The second-order valence-electron chi connectivity index (χ2n) is 6.97. The zero-order chi connectivity index (χ0) is 22.0. The number of aromatic nitrogens is 4. The lowest BCUT2D eigenvalue weighted by Gasteiger charge is -2.07. The van der Waals surface area contributed by atoms with Crippen LogP contribution < -0.4 is 15.8 Å². The van der Waals surface area contributed by atoms with Crippen molar-refractivity contribution in [3.63, 3.8) is 0 Å². The molecule has 2 aromatic carbocycles. The highest BCUT2D eigenvalue weighted by molar-refractivity contribution is 6.06. The SMILES string of the molecule is COc1ccccc1-c1nc(Cn2nnc(C(=O)Nc3ccccc3C)c2N)c(C)o1. The molecule has 4 rings (SSSR count). The highest BCUT2D eigenvalue weighted by atomic mass is 16.5. The molecule has 0 aliphatic carbocycles. The summed E-state index contributed by atoms with van der Waals surface area (Å²) >= 11 is 0. The van der Waals surface area contributed by atoms with E-state index in [9.17, 15) is 4.79 Å². The molecule has 158 valence electrons. The summed E-state index contributed by atoms with van der Waals surface area (Å²) in [6, 6.07) is 14.9. The number of para-hydroxylation sites is 2. The largest absolute Gasteiger partial charge is 0.496 e. The summed E-state index contributed by atoms with van der Waals surface area (Å²) in [6.07, 6.45) is 0. The van der Waals surface area contributed by atoms with Crippen molar-refractivity contribution in [3.05, 3.63) is 71.2 Å². The first kappa shape index (κ1) is 20.1. The van der Waals surface area contributed by atoms with E-state index in [1.54, 1.807) is 14.0 Å². The maximum Gasteiger partial charge on any atom is 0.280 e. The third-order valence-electron chi connectivity index (χ3n) is 4.91. The quantitative estimate of drug-likeness (QED) is 0.492. The van der Waals surface area contributed by atoms with E-state index in [4.69, 9.17) is 14.9 Å². The summed E-state index contributed by atoms with van der Waals surface area (Å²) in [4.78, 5) is 17.2. The first-order valence-corrected chi connectivity index (χ1v) is 9.63. The summed E-state index contributed by atoms with van der Waals surface area (Å²) in [5, 5.41) is 10.8. The van der Waals surface area contributed by atoms with Gasteiger partial charge >= 0.3 is 0 Å². The average molecular weight is 418 g/mol. The van der Waals surface area contributed by atoms with Crippen LogP contribution in [0, 0.1) is 13.8 Å². The molecule has 0 saturated carbocycles. The molecule has 0 radical (unpaired) electrons. The molecule has 3 N–H and O–H groups in total. The molecule has 0 fully saturated rings. The van der Waals surface area contributed by atoms with E-state index in [2.05, 4.69) is 20.6 Å². The van der Waals surface area contributed by atoms with Gasteiger partial charge in [0.25, 0.3) is 5.91 Å². The Kier molecular flexibility index (Phi) is 5.40. The number of hydrogen-bond donors (Lipinski definition) is 2. The van der Waals surface area contributed by atoms with Crippen LogP contribution in [0.25, 0.3) is 11.5 Å². The minimum atomic E-state index is -0.426. The second-order valence-corrected chi connectivity index (χ2v) is 6.97. The van der Waals surface area contributed by atoms with Gasteiger partial charge < -0.3 is 20.2 Å². The first-order chi connectivity index (χ1) is 15.0. The third-order valence-corrected chi connectivity index (χ3v) is 4.91. The van der Waals surface area contributed by atoms with Gasteiger partial charge in [-0.1, -0.05) is 35.5 Å². The molecule has 0 aliphatic heterocycles. The number of nitrogens with two attached hydrogens (primary N) is 1. The Bertz CT molecular complexity index is 1240. The number of benzene rings is 2. The van der Waals surface area contributed by atoms with E-state index in [0.29, 0.717) is 28.8 Å². The predicted octanol–water partition coefficient (Wildman–Crippen LogP) is 3.44. The average Bonchev–Trinajstić information content (AvgIpc) is 3.32. The number of carbonyl (C=O) groups is 1. The van der Waals surface area contributed by atoms with Gasteiger partial charge in [0.1, 0.15) is 17.2 Å². The fourth-order valence-electron chi connectivity index (χ4n) is 3.15. The van der Waals surface area contributed by atoms with Gasteiger partial charge in [-0.2, -0.15) is 0 Å². The van der Waals surface area contributed by atoms with E-state index in [-0.39, 0.29) is 18.1 Å². The molecule has 0 aliphatic rings. The van der Waals surface area contributed by atoms with E-state index >= 15 is 0 Å². The Morgan fingerprint density at radius 3 is 2.68 bits per heavy atom. The molecule has 0 atom stereocenters. The van der Waals surface area contributed by atoms with Gasteiger partial charge in [0.15, 0.2) is 11.5 Å². The van der Waals surface area contributed by atoms with Gasteiger partial charge in [0.2, 0.25) is 5.89 Å². The number of nitrogen functional groups attached to an aromatic ring is 1. The molecule has 9 nitrogen and oxygen atoms in total. The zero-order valence-electron chi connectivity index (χ0n) is 17.4. The molecular formula is C22H22N6O3. The van der Waals surface area contributed by atoms with Gasteiger partial charge in [0, 0.05) is 5.69 Å². The highest BCUT2D eigenvalue weighted by Crippen LogP contribution is 2.30. The molecule has 0 bridgehead atoms. The molecule has 0 unspecified atom stereocenters. The van der Waals surface area contributed by atoms with Crippen LogP contribution in [0.4, 0.5) is 11.5 Å². The number of aryl methyl sites for hydroxylation is 2. The van der Waals surface area contributed by atoms with Crippen molar-refractivity contribution in [1.29, 1.82) is 0 Å². The Labute approximate surface area is 178 Å². The molecule has 1 amide bonds. The standard InChI is InChI=1S/C22H22N6O3/c1-13-8-4-6-10-16(13)24-21(29)19-20(23)28(27-26-19)12-17-14(2)31-22(25-17)15-9-5-7-11-18(15)30-3/h4-11H,12,23H2,1-3H3,(H,24,29). The van der Waals surface area contributed by atoms with E-state index in [0.717, 1.165) is 11.1 Å². The fraction of sp³-hybridized carbons (Fsp3) is 0.182. The van der Waals surface area contributed by atoms with Crippen molar-refractivity contribution >= 4 is 17.4 Å². The van der Waals surface area contributed by atoms with Crippen molar-refractivity contribution in [1.82, 2.24) is 20.0 Å². The third kappa shape index (κ3) is 3.97. The predicted molar refractivity (Wildman–Crippen MR) is 116 cm³/mol. The minimum absolute atomic E-state index is 0.0503. The van der Waals surface area contributed by atoms with E-state index in [1.165, 1.54) is 4.68 Å². The molecular weight excluding hydrogens is 396 g/mol. The van der Waals surface area contributed by atoms with Gasteiger partial charge in [-0.15, -0.1) is 5.10 Å². The molecule has 4 aromatic rings. The van der Waals surface area contributed by atoms with Crippen LogP contribution in [-0.4, -0.2) is 33.0 Å². The van der Waals surface area contributed by atoms with Gasteiger partial charge in [-0.25, -0.2) is 9.67 Å². The summed E-state index contributed by atoms with van der Waals surface area (Å²) < 4.78 is 12.6. The van der Waals surface area contributed by atoms with E-state index < -0.39 is 5.91 Å². The Morgan fingerprint density at radius 1 is 1.16 bits per heavy atom. The maximum absolute atomic E-state index is 12.6. The van der Waals surface area contributed by atoms with Crippen molar-refractivity contribution in [2.45, 2.75) is 20.4 Å². The lowest BCUT2D eigenvalue weighted by Crippen LogP contribution is -2.16. The monoisotopic (exact) mass is 418 g/mol. The number of ether oxygens (including phenoxy) is 1. The summed E-state index contributed by atoms with van der Waals surface area (Å²) in [5.41, 5.74) is 9.20. The lowest BCUT2D eigenvalue weighted by atomic mass is 10.2. The van der Waals surface area contributed by atoms with Crippen molar-refractivity contribution < 1.29 is 13.9 Å². The molecule has 0 spiro atoms. The Hall–Kier alpha value is -4.14. The Balaban J connectivity index is 1.56. The van der Waals surface area contributed by atoms with E-state index in [1.807, 2.05) is 55.5 Å². The van der Waals surface area contributed by atoms with Gasteiger partial charge in [-0.3, -0.25) is 4.79 Å². The number of anilines is 2. The number of nitrogens with one attached hydrogen (secondary N) is 1. The van der Waals surface area contributed by atoms with Crippen molar-refractivity contribution in [3.8, 4) is 17.2 Å². The fourth-order valence-corrected chi connectivity index (χ4v) is 3.15. The highest BCUT2D eigenvalue weighted by Gasteiger charge is 2.21. The first-order valence-electron chi connectivity index (χ1n) is 9.63. The van der Waals surface area contributed by atoms with Gasteiger partial charge in [-0.05, 0) is 37.6 Å². The molecule has 0 saturated heterocycles. The number of amides is 1. The summed E-state index contributed by atoms with van der Waals surface area (Å²) in [5.74, 6) is 1.42. The lowest BCUT2D eigenvalue weighted by molar-refractivity contribution is 0.102. The molecule has 2 aromatic heterocycles. The molecule has 2 heterocycles. The Morgan fingerprint density at radius 2 is 1.90 bits per heavy atom. The molecule has 9 heteroatoms. The summed E-state index contributed by atoms with van der Waals surface area (Å²) in [7, 11) is 1.59. The number of methoxy groups -OCH3 is 1. The number of nitrogens with zero attached hydrogens (tertiary/aromatic N) is 4. The van der Waals surface area contributed by atoms with Crippen LogP contribution in [0.1, 0.15) is 27.5 Å². The number of rotatable bonds is 6. The number of oxazole rings is 1. The van der Waals surface area contributed by atoms with Crippen LogP contribution in [-0.2, 0) is 6.54 Å². The van der Waals surface area contributed by atoms with Crippen LogP contribution in [0.3, 0.4) is 0 Å². The topological polar surface area (TPSA) is 121 Å². The zero-order valence-corrected chi connectivity index (χ0v) is 17.4. The van der Waals surface area contributed by atoms with Crippen LogP contribution >= 0.6 is 0 Å². The number of hydrogen-bond acceptors (Lipinski definition) is 7. The smallest absolute Gasteiger partial charge is 0.280 e. The minimum Gasteiger partial charge on any atom is -0.496 e. The normalized spacial score (nSPS) is 10.8. The van der Waals surface area contributed by atoms with Crippen LogP contribution in [0.2, 0.25) is 0 Å². The van der Waals surface area contributed by atoms with Gasteiger partial charge in [0.05, 0.1) is 19.2 Å². The summed E-state index contributed by atoms with van der Waals surface area (Å²) in [6.45, 7) is 3.92. The van der Waals surface area contributed by atoms with Crippen molar-refractivity contribution in [2.24, 2.45) is 0 Å². The van der Waals surface area contributed by atoms with Crippen LogP contribution in [0.15, 0.2) is 52.9 Å². The molecule has 31 heavy (non-hydrogen) atoms. The number of carbonyl (C=O) groups excluding carboxylic acids is 1.